The molecule has 122 valence electrons. The molecular formula is C15H21Cl2N3O2. The summed E-state index contributed by atoms with van der Waals surface area (Å²) in [6.07, 6.45) is 1.30. The number of likely N-dealkylation sites (N-methyl/N-ethyl adjacent to an activating group) is 1. The van der Waals surface area contributed by atoms with Crippen molar-refractivity contribution in [3.63, 3.8) is 0 Å². The Morgan fingerprint density at radius 1 is 1.27 bits per heavy atom. The third-order valence-corrected chi connectivity index (χ3v) is 3.16. The predicted molar refractivity (Wildman–Crippen MR) is 92.0 cm³/mol. The number of rotatable bonds is 5. The molecule has 1 aromatic heterocycles. The molecule has 0 saturated heterocycles. The first-order chi connectivity index (χ1) is 9.61. The van der Waals surface area contributed by atoms with Crippen molar-refractivity contribution in [3.8, 4) is 11.3 Å². The lowest BCUT2D eigenvalue weighted by Gasteiger charge is -2.10. The van der Waals surface area contributed by atoms with Gasteiger partial charge in [0.05, 0.1) is 0 Å². The lowest BCUT2D eigenvalue weighted by Crippen LogP contribution is -2.37. The van der Waals surface area contributed by atoms with Crippen molar-refractivity contribution >= 4 is 30.7 Å². The molecule has 0 saturated carbocycles. The molecule has 5 nitrogen and oxygen atoms in total. The quantitative estimate of drug-likeness (QED) is 0.874. The second-order valence-corrected chi connectivity index (χ2v) is 4.80. The van der Waals surface area contributed by atoms with Crippen LogP contribution >= 0.6 is 24.8 Å². The summed E-state index contributed by atoms with van der Waals surface area (Å²) in [5, 5.41) is 5.89. The van der Waals surface area contributed by atoms with Gasteiger partial charge in [-0.2, -0.15) is 0 Å². The molecule has 0 radical (unpaired) electrons. The number of carbonyl (C=O) groups is 1. The van der Waals surface area contributed by atoms with E-state index in [-0.39, 0.29) is 36.8 Å². The molecule has 2 N–H and O–H groups in total. The van der Waals surface area contributed by atoms with E-state index in [1.54, 1.807) is 0 Å². The average molecular weight is 346 g/mol. The molecule has 1 amide bonds. The summed E-state index contributed by atoms with van der Waals surface area (Å²) in [6, 6.07) is 7.99. The van der Waals surface area contributed by atoms with Gasteiger partial charge in [0.25, 0.3) is 5.91 Å². The van der Waals surface area contributed by atoms with Crippen LogP contribution in [0.15, 0.2) is 35.1 Å². The molecule has 1 heterocycles. The van der Waals surface area contributed by atoms with Crippen molar-refractivity contribution in [1.82, 2.24) is 15.6 Å². The Morgan fingerprint density at radius 3 is 2.50 bits per heavy atom. The van der Waals surface area contributed by atoms with Gasteiger partial charge in [0.2, 0.25) is 0 Å². The summed E-state index contributed by atoms with van der Waals surface area (Å²) in [5.41, 5.74) is 2.32. The first kappa shape index (κ1) is 20.4. The normalized spacial score (nSPS) is 11.0. The first-order valence-electron chi connectivity index (χ1n) is 6.57. The molecule has 7 heteroatoms. The van der Waals surface area contributed by atoms with Crippen molar-refractivity contribution in [2.24, 2.45) is 0 Å². The lowest BCUT2D eigenvalue weighted by molar-refractivity contribution is 0.0946. The van der Waals surface area contributed by atoms with E-state index in [1.807, 2.05) is 45.2 Å². The van der Waals surface area contributed by atoms with E-state index < -0.39 is 0 Å². The van der Waals surface area contributed by atoms with Crippen LogP contribution in [0.1, 0.15) is 23.0 Å². The van der Waals surface area contributed by atoms with Gasteiger partial charge in [-0.05, 0) is 20.9 Å². The number of amides is 1. The minimum atomic E-state index is -0.226. The van der Waals surface area contributed by atoms with Gasteiger partial charge in [-0.1, -0.05) is 29.8 Å². The Bertz CT molecular complexity index is 585. The molecule has 2 rings (SSSR count). The van der Waals surface area contributed by atoms with E-state index in [2.05, 4.69) is 15.6 Å². The van der Waals surface area contributed by atoms with Crippen LogP contribution in [0.2, 0.25) is 0 Å². The highest BCUT2D eigenvalue weighted by atomic mass is 35.5. The van der Waals surface area contributed by atoms with Crippen LogP contribution in [-0.4, -0.2) is 30.5 Å². The predicted octanol–water partition coefficient (Wildman–Crippen LogP) is 2.83. The number of nitrogens with one attached hydrogen (secondary N) is 2. The second-order valence-electron chi connectivity index (χ2n) is 4.80. The SMILES string of the molecule is CNC(C)CNC(=O)c1ncoc1-c1ccc(C)cc1.Cl.Cl. The summed E-state index contributed by atoms with van der Waals surface area (Å²) >= 11 is 0. The molecule has 0 bridgehead atoms. The molecule has 0 fully saturated rings. The first-order valence-corrected chi connectivity index (χ1v) is 6.57. The number of hydrogen-bond acceptors (Lipinski definition) is 4. The van der Waals surface area contributed by atoms with Crippen molar-refractivity contribution in [1.29, 1.82) is 0 Å². The molecule has 0 spiro atoms. The number of halogens is 2. The summed E-state index contributed by atoms with van der Waals surface area (Å²) in [4.78, 5) is 16.1. The van der Waals surface area contributed by atoms with Crippen molar-refractivity contribution in [3.05, 3.63) is 41.9 Å². The van der Waals surface area contributed by atoms with Gasteiger partial charge in [-0.25, -0.2) is 4.98 Å². The average Bonchev–Trinajstić information content (AvgIpc) is 2.94. The highest BCUT2D eigenvalue weighted by Gasteiger charge is 2.18. The fourth-order valence-electron chi connectivity index (χ4n) is 1.75. The monoisotopic (exact) mass is 345 g/mol. The van der Waals surface area contributed by atoms with Gasteiger partial charge in [-0.15, -0.1) is 24.8 Å². The van der Waals surface area contributed by atoms with E-state index in [9.17, 15) is 4.79 Å². The van der Waals surface area contributed by atoms with Crippen molar-refractivity contribution in [2.45, 2.75) is 19.9 Å². The Balaban J connectivity index is 0.00000220. The lowest BCUT2D eigenvalue weighted by atomic mass is 10.1. The highest BCUT2D eigenvalue weighted by molar-refractivity contribution is 5.97. The van der Waals surface area contributed by atoms with E-state index >= 15 is 0 Å². The number of carbonyl (C=O) groups excluding carboxylic acids is 1. The second kappa shape index (κ2) is 9.46. The summed E-state index contributed by atoms with van der Waals surface area (Å²) in [5.74, 6) is 0.274. The van der Waals surface area contributed by atoms with Crippen molar-refractivity contribution in [2.75, 3.05) is 13.6 Å². The fourth-order valence-corrected chi connectivity index (χ4v) is 1.75. The number of benzene rings is 1. The van der Waals surface area contributed by atoms with Crippen LogP contribution in [0.3, 0.4) is 0 Å². The Hall–Kier alpha value is -1.56. The minimum absolute atomic E-state index is 0. The van der Waals surface area contributed by atoms with Gasteiger partial charge < -0.3 is 15.1 Å². The van der Waals surface area contributed by atoms with Gasteiger partial charge in [0.15, 0.2) is 17.8 Å². The Labute approximate surface area is 142 Å². The number of oxazole rings is 1. The summed E-state index contributed by atoms with van der Waals surface area (Å²) < 4.78 is 5.36. The Morgan fingerprint density at radius 2 is 1.91 bits per heavy atom. The number of nitrogens with zero attached hydrogens (tertiary/aromatic N) is 1. The maximum Gasteiger partial charge on any atom is 0.273 e. The maximum atomic E-state index is 12.1. The molecule has 0 aliphatic carbocycles. The standard InChI is InChI=1S/C15H19N3O2.2ClH/c1-10-4-6-12(7-5-10)14-13(18-9-20-14)15(19)17-8-11(2)16-3;;/h4-7,9,11,16H,8H2,1-3H3,(H,17,19);2*1H. The number of aryl methyl sites for hydroxylation is 1. The molecule has 1 aromatic carbocycles. The van der Waals surface area contributed by atoms with E-state index in [0.29, 0.717) is 18.0 Å². The van der Waals surface area contributed by atoms with Crippen LogP contribution in [0.4, 0.5) is 0 Å². The molecule has 1 unspecified atom stereocenters. The minimum Gasteiger partial charge on any atom is -0.443 e. The number of hydrogen-bond donors (Lipinski definition) is 2. The van der Waals surface area contributed by atoms with Gasteiger partial charge in [0, 0.05) is 18.2 Å². The van der Waals surface area contributed by atoms with Crippen LogP contribution in [0.5, 0.6) is 0 Å². The van der Waals surface area contributed by atoms with Gasteiger partial charge >= 0.3 is 0 Å². The van der Waals surface area contributed by atoms with Crippen LogP contribution in [0.25, 0.3) is 11.3 Å². The van der Waals surface area contributed by atoms with Gasteiger partial charge in [0.1, 0.15) is 0 Å². The molecular weight excluding hydrogens is 325 g/mol. The van der Waals surface area contributed by atoms with E-state index in [0.717, 1.165) is 11.1 Å². The van der Waals surface area contributed by atoms with Crippen LogP contribution in [-0.2, 0) is 0 Å². The van der Waals surface area contributed by atoms with Crippen molar-refractivity contribution < 1.29 is 9.21 Å². The maximum absolute atomic E-state index is 12.1. The zero-order valence-electron chi connectivity index (χ0n) is 12.8. The Kier molecular flexibility index (Phi) is 8.79. The third kappa shape index (κ3) is 5.02. The van der Waals surface area contributed by atoms with E-state index in [4.69, 9.17) is 4.42 Å². The topological polar surface area (TPSA) is 67.2 Å². The molecule has 2 aromatic rings. The zero-order chi connectivity index (χ0) is 14.5. The van der Waals surface area contributed by atoms with E-state index in [1.165, 1.54) is 6.39 Å². The molecule has 0 aliphatic heterocycles. The van der Waals surface area contributed by atoms with Crippen LogP contribution in [0, 0.1) is 6.92 Å². The summed E-state index contributed by atoms with van der Waals surface area (Å²) in [7, 11) is 1.85. The number of aromatic nitrogens is 1. The van der Waals surface area contributed by atoms with Gasteiger partial charge in [-0.3, -0.25) is 4.79 Å². The highest BCUT2D eigenvalue weighted by Crippen LogP contribution is 2.23. The van der Waals surface area contributed by atoms with Crippen LogP contribution < -0.4 is 10.6 Å². The fraction of sp³-hybridized carbons (Fsp3) is 0.333. The molecule has 1 atom stereocenters. The summed E-state index contributed by atoms with van der Waals surface area (Å²) in [6.45, 7) is 4.54. The molecule has 0 aliphatic rings. The molecule has 22 heavy (non-hydrogen) atoms. The smallest absolute Gasteiger partial charge is 0.273 e. The largest absolute Gasteiger partial charge is 0.443 e. The zero-order valence-corrected chi connectivity index (χ0v) is 14.4. The third-order valence-electron chi connectivity index (χ3n) is 3.16.